The summed E-state index contributed by atoms with van der Waals surface area (Å²) in [5, 5.41) is 14.1. The lowest BCUT2D eigenvalue weighted by Gasteiger charge is -2.27. The zero-order valence-electron chi connectivity index (χ0n) is 14.8. The van der Waals surface area contributed by atoms with Gasteiger partial charge in [-0.05, 0) is 59.4 Å². The molecule has 0 fully saturated rings. The molecule has 2 atom stereocenters. The molecular formula is C19H21N3O4. The van der Waals surface area contributed by atoms with Crippen LogP contribution in [0.2, 0.25) is 0 Å². The van der Waals surface area contributed by atoms with Gasteiger partial charge in [-0.1, -0.05) is 24.3 Å². The van der Waals surface area contributed by atoms with Gasteiger partial charge in [0.25, 0.3) is 5.91 Å². The lowest BCUT2D eigenvalue weighted by Crippen LogP contribution is -2.39. The fourth-order valence-electron chi connectivity index (χ4n) is 3.19. The largest absolute Gasteiger partial charge is 0.473 e. The van der Waals surface area contributed by atoms with Gasteiger partial charge in [0.1, 0.15) is 5.69 Å². The molecule has 1 aromatic heterocycles. The molecule has 1 aliphatic carbocycles. The van der Waals surface area contributed by atoms with Gasteiger partial charge in [-0.3, -0.25) is 4.79 Å². The second kappa shape index (κ2) is 7.51. The van der Waals surface area contributed by atoms with Gasteiger partial charge in [0, 0.05) is 6.92 Å². The maximum absolute atomic E-state index is 12.5. The van der Waals surface area contributed by atoms with Crippen molar-refractivity contribution in [3.8, 4) is 5.75 Å². The van der Waals surface area contributed by atoms with Crippen LogP contribution in [-0.4, -0.2) is 21.9 Å². The highest BCUT2D eigenvalue weighted by molar-refractivity contribution is 5.81. The Balaban J connectivity index is 1.71. The van der Waals surface area contributed by atoms with E-state index in [1.165, 1.54) is 11.6 Å². The third-order valence-electron chi connectivity index (χ3n) is 4.51. The SMILES string of the molecule is Cc1ccc(O[C@@H](C)C(=O)N[C@H]2CCCc3ccccc32)c([N+](=O)[O-])n1. The Kier molecular flexibility index (Phi) is 5.16. The average molecular weight is 355 g/mol. The molecule has 1 amide bonds. The molecule has 26 heavy (non-hydrogen) atoms. The summed E-state index contributed by atoms with van der Waals surface area (Å²) in [7, 11) is 0. The molecule has 3 rings (SSSR count). The van der Waals surface area contributed by atoms with Crippen molar-refractivity contribution in [2.75, 3.05) is 0 Å². The van der Waals surface area contributed by atoms with Crippen molar-refractivity contribution < 1.29 is 14.5 Å². The standard InChI is InChI=1S/C19H21N3O4/c1-12-10-11-17(18(20-12)22(24)25)26-13(2)19(23)21-16-9-5-7-14-6-3-4-8-15(14)16/h3-4,6,8,10-11,13,16H,5,7,9H2,1-2H3,(H,21,23)/t13-,16-/m0/s1. The van der Waals surface area contributed by atoms with Crippen LogP contribution in [0.3, 0.4) is 0 Å². The van der Waals surface area contributed by atoms with Crippen LogP contribution >= 0.6 is 0 Å². The average Bonchev–Trinajstić information content (AvgIpc) is 2.63. The van der Waals surface area contributed by atoms with Crippen molar-refractivity contribution in [2.24, 2.45) is 0 Å². The molecule has 136 valence electrons. The van der Waals surface area contributed by atoms with Crippen LogP contribution in [0.5, 0.6) is 5.75 Å². The van der Waals surface area contributed by atoms with E-state index in [0.29, 0.717) is 5.69 Å². The zero-order valence-corrected chi connectivity index (χ0v) is 14.8. The fraction of sp³-hybridized carbons (Fsp3) is 0.368. The number of carbonyl (C=O) groups excluding carboxylic acids is 1. The van der Waals surface area contributed by atoms with Crippen LogP contribution in [0.25, 0.3) is 0 Å². The lowest BCUT2D eigenvalue weighted by molar-refractivity contribution is -0.390. The maximum atomic E-state index is 12.5. The summed E-state index contributed by atoms with van der Waals surface area (Å²) in [4.78, 5) is 27.0. The van der Waals surface area contributed by atoms with Gasteiger partial charge >= 0.3 is 5.82 Å². The highest BCUT2D eigenvalue weighted by atomic mass is 16.6. The molecule has 0 spiro atoms. The first-order chi connectivity index (χ1) is 12.5. The second-order valence-corrected chi connectivity index (χ2v) is 6.44. The van der Waals surface area contributed by atoms with Gasteiger partial charge < -0.3 is 20.2 Å². The number of nitro groups is 1. The number of nitrogens with one attached hydrogen (secondary N) is 1. The molecule has 0 unspecified atom stereocenters. The van der Waals surface area contributed by atoms with Crippen LogP contribution in [0, 0.1) is 17.0 Å². The summed E-state index contributed by atoms with van der Waals surface area (Å²) in [5.74, 6) is -0.693. The number of fused-ring (bicyclic) bond motifs is 1. The van der Waals surface area contributed by atoms with Crippen molar-refractivity contribution >= 4 is 11.7 Å². The molecule has 1 N–H and O–H groups in total. The third kappa shape index (κ3) is 3.82. The summed E-state index contributed by atoms with van der Waals surface area (Å²) in [6.07, 6.45) is 2.01. The van der Waals surface area contributed by atoms with E-state index in [0.717, 1.165) is 24.8 Å². The van der Waals surface area contributed by atoms with Crippen LogP contribution in [0.4, 0.5) is 5.82 Å². The van der Waals surface area contributed by atoms with Gasteiger partial charge in [-0.25, -0.2) is 0 Å². The minimum Gasteiger partial charge on any atom is -0.473 e. The Morgan fingerprint density at radius 3 is 2.88 bits per heavy atom. The predicted molar refractivity (Wildman–Crippen MR) is 96.0 cm³/mol. The van der Waals surface area contributed by atoms with Crippen molar-refractivity contribution in [3.05, 3.63) is 63.3 Å². The molecule has 7 heteroatoms. The quantitative estimate of drug-likeness (QED) is 0.656. The van der Waals surface area contributed by atoms with Crippen LogP contribution in [0.1, 0.15) is 42.6 Å². The number of rotatable bonds is 5. The Morgan fingerprint density at radius 2 is 2.12 bits per heavy atom. The maximum Gasteiger partial charge on any atom is 0.406 e. The first kappa shape index (κ1) is 17.8. The van der Waals surface area contributed by atoms with Gasteiger partial charge in [-0.15, -0.1) is 0 Å². The van der Waals surface area contributed by atoms with Gasteiger partial charge in [0.15, 0.2) is 6.10 Å². The monoisotopic (exact) mass is 355 g/mol. The van der Waals surface area contributed by atoms with Crippen molar-refractivity contribution in [2.45, 2.75) is 45.3 Å². The highest BCUT2D eigenvalue weighted by Gasteiger charge is 2.26. The Morgan fingerprint density at radius 1 is 1.35 bits per heavy atom. The molecule has 2 aromatic rings. The number of benzene rings is 1. The molecule has 0 saturated heterocycles. The molecule has 0 aliphatic heterocycles. The third-order valence-corrected chi connectivity index (χ3v) is 4.51. The Bertz CT molecular complexity index is 837. The number of aromatic nitrogens is 1. The van der Waals surface area contributed by atoms with Gasteiger partial charge in [0.2, 0.25) is 5.75 Å². The summed E-state index contributed by atoms with van der Waals surface area (Å²) in [6.45, 7) is 3.24. The van der Waals surface area contributed by atoms with Crippen molar-refractivity contribution in [1.82, 2.24) is 10.3 Å². The molecule has 0 saturated carbocycles. The number of aryl methyl sites for hydroxylation is 2. The Labute approximate surface area is 151 Å². The van der Waals surface area contributed by atoms with E-state index in [-0.39, 0.29) is 23.5 Å². The van der Waals surface area contributed by atoms with Gasteiger partial charge in [0.05, 0.1) is 6.04 Å². The first-order valence-electron chi connectivity index (χ1n) is 8.62. The number of hydrogen-bond acceptors (Lipinski definition) is 5. The zero-order chi connectivity index (χ0) is 18.7. The molecular weight excluding hydrogens is 334 g/mol. The highest BCUT2D eigenvalue weighted by Crippen LogP contribution is 2.30. The fourth-order valence-corrected chi connectivity index (χ4v) is 3.19. The van der Waals surface area contributed by atoms with E-state index in [2.05, 4.69) is 16.4 Å². The predicted octanol–water partition coefficient (Wildman–Crippen LogP) is 3.26. The number of hydrogen-bond donors (Lipinski definition) is 1. The van der Waals surface area contributed by atoms with E-state index >= 15 is 0 Å². The summed E-state index contributed by atoms with van der Waals surface area (Å²) in [5.41, 5.74) is 2.89. The van der Waals surface area contributed by atoms with E-state index in [4.69, 9.17) is 4.74 Å². The number of nitrogens with zero attached hydrogens (tertiary/aromatic N) is 2. The van der Waals surface area contributed by atoms with Crippen molar-refractivity contribution in [1.29, 1.82) is 0 Å². The Hall–Kier alpha value is -2.96. The summed E-state index contributed by atoms with van der Waals surface area (Å²) in [6, 6.07) is 11.1. The lowest BCUT2D eigenvalue weighted by atomic mass is 9.87. The molecule has 0 radical (unpaired) electrons. The van der Waals surface area contributed by atoms with Gasteiger partial charge in [-0.2, -0.15) is 0 Å². The molecule has 1 heterocycles. The van der Waals surface area contributed by atoms with E-state index in [9.17, 15) is 14.9 Å². The molecule has 7 nitrogen and oxygen atoms in total. The van der Waals surface area contributed by atoms with Crippen LogP contribution in [-0.2, 0) is 11.2 Å². The normalized spacial score (nSPS) is 17.1. The number of pyridine rings is 1. The molecule has 0 bridgehead atoms. The van der Waals surface area contributed by atoms with E-state index < -0.39 is 11.0 Å². The van der Waals surface area contributed by atoms with Crippen molar-refractivity contribution in [3.63, 3.8) is 0 Å². The van der Waals surface area contributed by atoms with Crippen LogP contribution < -0.4 is 10.1 Å². The van der Waals surface area contributed by atoms with Crippen LogP contribution in [0.15, 0.2) is 36.4 Å². The summed E-state index contributed by atoms with van der Waals surface area (Å²) >= 11 is 0. The van der Waals surface area contributed by atoms with E-state index in [1.54, 1.807) is 19.9 Å². The number of carbonyl (C=O) groups is 1. The minimum absolute atomic E-state index is 0.00713. The second-order valence-electron chi connectivity index (χ2n) is 6.44. The van der Waals surface area contributed by atoms with E-state index in [1.807, 2.05) is 18.2 Å². The summed E-state index contributed by atoms with van der Waals surface area (Å²) < 4.78 is 5.54. The molecule has 1 aliphatic rings. The number of amides is 1. The number of ether oxygens (including phenoxy) is 1. The molecule has 1 aromatic carbocycles. The smallest absolute Gasteiger partial charge is 0.406 e. The topological polar surface area (TPSA) is 94.4 Å². The minimum atomic E-state index is -0.868. The first-order valence-corrected chi connectivity index (χ1v) is 8.62.